The Morgan fingerprint density at radius 3 is 1.04 bits per heavy atom. The van der Waals surface area contributed by atoms with Gasteiger partial charge >= 0.3 is 0 Å². The molecule has 0 aliphatic heterocycles. The molecule has 0 amide bonds. The van der Waals surface area contributed by atoms with Crippen LogP contribution in [0.1, 0.15) is 17.0 Å². The molecular formula is C98H70N10. The third-order valence-corrected chi connectivity index (χ3v) is 18.7. The molecule has 0 atom stereocenters. The molecule has 2 N–H and O–H groups in total. The van der Waals surface area contributed by atoms with Gasteiger partial charge in [0.25, 0.3) is 0 Å². The maximum Gasteiger partial charge on any atom is 0.160 e. The molecule has 0 spiro atoms. The second-order valence-corrected chi connectivity index (χ2v) is 25.9. The van der Waals surface area contributed by atoms with Crippen LogP contribution in [0.15, 0.2) is 401 Å². The summed E-state index contributed by atoms with van der Waals surface area (Å²) in [7, 11) is 0. The Bertz CT molecular complexity index is 5560. The van der Waals surface area contributed by atoms with Crippen LogP contribution in [0.25, 0.3) is 158 Å². The van der Waals surface area contributed by atoms with Crippen molar-refractivity contribution in [3.63, 3.8) is 0 Å². The molecule has 0 bridgehead atoms. The maximum atomic E-state index is 6.48. The molecule has 0 aliphatic rings. The average Bonchev–Trinajstić information content (AvgIpc) is 0.807. The van der Waals surface area contributed by atoms with Crippen molar-refractivity contribution in [2.75, 3.05) is 0 Å². The third kappa shape index (κ3) is 16.2. The van der Waals surface area contributed by atoms with Crippen molar-refractivity contribution in [3.8, 4) is 146 Å². The first-order valence-corrected chi connectivity index (χ1v) is 35.9. The molecular weight excluding hydrogens is 1320 g/mol. The van der Waals surface area contributed by atoms with E-state index in [0.717, 1.165) is 157 Å². The van der Waals surface area contributed by atoms with Crippen molar-refractivity contribution in [3.05, 3.63) is 418 Å². The lowest BCUT2D eigenvalue weighted by Crippen LogP contribution is -1.99. The summed E-state index contributed by atoms with van der Waals surface area (Å²) >= 11 is 0. The van der Waals surface area contributed by atoms with Gasteiger partial charge in [0, 0.05) is 75.2 Å². The molecule has 108 heavy (non-hydrogen) atoms. The molecule has 0 unspecified atom stereocenters. The van der Waals surface area contributed by atoms with Gasteiger partial charge in [0.05, 0.1) is 62.6 Å². The zero-order valence-electron chi connectivity index (χ0n) is 58.9. The van der Waals surface area contributed by atoms with Crippen LogP contribution in [0.2, 0.25) is 0 Å². The second kappa shape index (κ2) is 32.4. The fourth-order valence-corrected chi connectivity index (χ4v) is 12.9. The molecule has 10 nitrogen and oxygen atoms in total. The number of hydrogen-bond acceptors (Lipinski definition) is 10. The first-order valence-electron chi connectivity index (χ1n) is 35.9. The van der Waals surface area contributed by atoms with Crippen molar-refractivity contribution in [1.29, 1.82) is 0 Å². The van der Waals surface area contributed by atoms with Crippen molar-refractivity contribution >= 4 is 11.3 Å². The Labute approximate surface area is 628 Å². The van der Waals surface area contributed by atoms with Gasteiger partial charge in [-0.05, 0) is 123 Å². The summed E-state index contributed by atoms with van der Waals surface area (Å²) in [4.78, 5) is 43.7. The number of nitrogens with zero attached hydrogens (tertiary/aromatic N) is 9. The number of aromatic nitrogens is 9. The number of pyridine rings is 5. The Morgan fingerprint density at radius 2 is 0.602 bits per heavy atom. The molecule has 0 saturated heterocycles. The predicted molar refractivity (Wildman–Crippen MR) is 440 cm³/mol. The number of allylic oxidation sites excluding steroid dienone is 3. The highest BCUT2D eigenvalue weighted by Crippen LogP contribution is 2.36. The van der Waals surface area contributed by atoms with E-state index in [1.165, 1.54) is 0 Å². The highest BCUT2D eigenvalue weighted by atomic mass is 14.9. The zero-order valence-corrected chi connectivity index (χ0v) is 58.9. The Kier molecular flexibility index (Phi) is 20.3. The highest BCUT2D eigenvalue weighted by Gasteiger charge is 2.16. The summed E-state index contributed by atoms with van der Waals surface area (Å²) in [6.07, 6.45) is 10.3. The van der Waals surface area contributed by atoms with Crippen molar-refractivity contribution in [2.24, 2.45) is 5.73 Å². The largest absolute Gasteiger partial charge is 0.397 e. The van der Waals surface area contributed by atoms with E-state index in [1.807, 2.05) is 188 Å². The molecule has 0 saturated carbocycles. The summed E-state index contributed by atoms with van der Waals surface area (Å²) in [6, 6.07) is 126. The van der Waals surface area contributed by atoms with Crippen molar-refractivity contribution in [2.45, 2.75) is 6.42 Å². The van der Waals surface area contributed by atoms with Gasteiger partial charge in [-0.25, -0.2) is 24.9 Å². The van der Waals surface area contributed by atoms with Crippen LogP contribution in [0, 0.1) is 0 Å². The summed E-state index contributed by atoms with van der Waals surface area (Å²) in [5, 5.41) is 0. The molecule has 10 heteroatoms. The second-order valence-electron chi connectivity index (χ2n) is 25.9. The highest BCUT2D eigenvalue weighted by molar-refractivity contribution is 5.84. The van der Waals surface area contributed by atoms with Gasteiger partial charge in [0.1, 0.15) is 0 Å². The lowest BCUT2D eigenvalue weighted by atomic mass is 9.99. The summed E-state index contributed by atoms with van der Waals surface area (Å²) in [5.41, 5.74) is 34.7. The Balaban J connectivity index is 0.000000165. The van der Waals surface area contributed by atoms with E-state index in [-0.39, 0.29) is 0 Å². The number of rotatable bonds is 18. The fraction of sp³-hybridized carbons (Fsp3) is 0.0102. The third-order valence-electron chi connectivity index (χ3n) is 18.7. The lowest BCUT2D eigenvalue weighted by molar-refractivity contribution is 1.12. The zero-order chi connectivity index (χ0) is 72.6. The fourth-order valence-electron chi connectivity index (χ4n) is 12.9. The first kappa shape index (κ1) is 67.9. The van der Waals surface area contributed by atoms with Gasteiger partial charge < -0.3 is 5.73 Å². The predicted octanol–water partition coefficient (Wildman–Crippen LogP) is 23.2. The van der Waals surface area contributed by atoms with Crippen LogP contribution >= 0.6 is 0 Å². The molecule has 7 aromatic heterocycles. The molecule has 17 aromatic rings. The normalized spacial score (nSPS) is 11.3. The van der Waals surface area contributed by atoms with Gasteiger partial charge in [0.15, 0.2) is 11.6 Å². The number of hydrogen-bond donors (Lipinski definition) is 1. The van der Waals surface area contributed by atoms with E-state index in [2.05, 4.69) is 210 Å². The molecule has 0 aliphatic carbocycles. The summed E-state index contributed by atoms with van der Waals surface area (Å²) in [6.45, 7) is 0. The van der Waals surface area contributed by atoms with Crippen LogP contribution in [0.4, 0.5) is 0 Å². The molecule has 17 rings (SSSR count). The van der Waals surface area contributed by atoms with Crippen LogP contribution in [0.5, 0.6) is 0 Å². The topological polar surface area (TPSA) is 142 Å². The molecule has 10 aromatic carbocycles. The standard InChI is InChI=1S/C49H33N5.C49H37N5/c1-4-12-34(13-5-1)42-30-47(43-18-10-11-29-50-43)52-48(31-42)44-28-27-41(33-51-44)37-21-19-35(20-22-37)36-23-25-39(26-24-36)46-32-45(38-14-6-2-7-15-38)53-49(54-46)40-16-8-3-9-17-40;50-44(46-20-10-11-32-51-46)33-42(35-13-4-1-5-14-35)30-31-43-19-12-21-45(52-43)39-26-22-36(23-27-39)37-24-28-40(29-25-37)48-34-47(38-15-6-2-7-16-38)53-49(54-48)41-17-8-3-9-18-41/h1-33H;1-30,32-34H,31,50H2/b;42-30+,44-33-. The SMILES string of the molecule is N/C(=C\C(=C/Cc1cccc(-c2ccc(-c3ccc(-c4cc(-c5ccccc5)nc(-c5ccccc5)n4)cc3)cc2)n1)c1ccccc1)c1ccccn1.c1ccc(-c2cc(-c3ccccn3)nc(-c3ccc(-c4ccc(-c5ccc(-c6cc(-c7ccccc7)nc(-c7ccccc7)n6)cc5)cc4)cn3)c2)cc1. The minimum absolute atomic E-state index is 0.616. The smallest absolute Gasteiger partial charge is 0.160 e. The van der Waals surface area contributed by atoms with E-state index < -0.39 is 0 Å². The molecule has 512 valence electrons. The molecule has 7 heterocycles. The maximum absolute atomic E-state index is 6.48. The average molecular weight is 1390 g/mol. The van der Waals surface area contributed by atoms with Gasteiger partial charge in [-0.15, -0.1) is 0 Å². The van der Waals surface area contributed by atoms with Gasteiger partial charge in [-0.1, -0.05) is 309 Å². The van der Waals surface area contributed by atoms with Crippen LogP contribution < -0.4 is 5.73 Å². The Morgan fingerprint density at radius 1 is 0.241 bits per heavy atom. The summed E-state index contributed by atoms with van der Waals surface area (Å²) in [5.74, 6) is 1.42. The van der Waals surface area contributed by atoms with Crippen LogP contribution in [-0.4, -0.2) is 44.9 Å². The van der Waals surface area contributed by atoms with E-state index in [0.29, 0.717) is 23.8 Å². The molecule has 0 fully saturated rings. The summed E-state index contributed by atoms with van der Waals surface area (Å²) < 4.78 is 0. The van der Waals surface area contributed by atoms with E-state index in [9.17, 15) is 0 Å². The minimum Gasteiger partial charge on any atom is -0.397 e. The van der Waals surface area contributed by atoms with Gasteiger partial charge in [-0.3, -0.25) is 19.9 Å². The van der Waals surface area contributed by atoms with Gasteiger partial charge in [-0.2, -0.15) is 0 Å². The minimum atomic E-state index is 0.616. The van der Waals surface area contributed by atoms with Crippen molar-refractivity contribution in [1.82, 2.24) is 44.9 Å². The quantitative estimate of drug-likeness (QED) is 0.0825. The van der Waals surface area contributed by atoms with E-state index >= 15 is 0 Å². The monoisotopic (exact) mass is 1390 g/mol. The van der Waals surface area contributed by atoms with Crippen LogP contribution in [0.3, 0.4) is 0 Å². The van der Waals surface area contributed by atoms with E-state index in [4.69, 9.17) is 40.6 Å². The Hall–Kier alpha value is -14.6. The number of nitrogens with two attached hydrogens (primary N) is 1. The van der Waals surface area contributed by atoms with Crippen molar-refractivity contribution < 1.29 is 0 Å². The van der Waals surface area contributed by atoms with E-state index in [1.54, 1.807) is 12.4 Å². The lowest BCUT2D eigenvalue weighted by Gasteiger charge is -2.11. The van der Waals surface area contributed by atoms with Gasteiger partial charge in [0.2, 0.25) is 0 Å². The van der Waals surface area contributed by atoms with Crippen LogP contribution in [-0.2, 0) is 6.42 Å². The molecule has 0 radical (unpaired) electrons. The first-order chi connectivity index (χ1) is 53.4. The number of benzene rings is 10.